The zero-order chi connectivity index (χ0) is 15.0. The van der Waals surface area contributed by atoms with E-state index >= 15 is 0 Å². The molecule has 1 aromatic rings. The highest BCUT2D eigenvalue weighted by Gasteiger charge is 2.40. The third-order valence-corrected chi connectivity index (χ3v) is 4.66. The van der Waals surface area contributed by atoms with Crippen LogP contribution < -0.4 is 0 Å². The topological polar surface area (TPSA) is 77.8 Å². The molecule has 2 N–H and O–H groups in total. The average molecular weight is 289 g/mol. The molecule has 0 saturated heterocycles. The fraction of sp³-hybridized carbons (Fsp3) is 0.500. The smallest absolute Gasteiger partial charge is 0.307 e. The molecule has 5 heteroatoms. The second kappa shape index (κ2) is 5.39. The number of fused-ring (bicyclic) bond motifs is 1. The summed E-state index contributed by atoms with van der Waals surface area (Å²) in [5, 5.41) is 18.8. The maximum atomic E-state index is 12.6. The number of rotatable bonds is 2. The van der Waals surface area contributed by atoms with Crippen LogP contribution in [0, 0.1) is 11.8 Å². The molecule has 0 spiro atoms. The molecule has 1 aliphatic heterocycles. The number of phenols is 1. The summed E-state index contributed by atoms with van der Waals surface area (Å²) in [6.07, 6.45) is 2.82. The molecule has 112 valence electrons. The minimum Gasteiger partial charge on any atom is -0.508 e. The van der Waals surface area contributed by atoms with Gasteiger partial charge in [0.15, 0.2) is 0 Å². The van der Waals surface area contributed by atoms with E-state index in [2.05, 4.69) is 0 Å². The van der Waals surface area contributed by atoms with E-state index in [1.54, 1.807) is 17.0 Å². The second-order valence-corrected chi connectivity index (χ2v) is 5.94. The Balaban J connectivity index is 1.76. The molecular weight excluding hydrogens is 270 g/mol. The van der Waals surface area contributed by atoms with Gasteiger partial charge in [0.25, 0.3) is 0 Å². The number of aliphatic carboxylic acids is 1. The number of nitrogens with zero attached hydrogens (tertiary/aromatic N) is 1. The number of carboxylic acid groups (broad SMARTS) is 1. The first-order valence-electron chi connectivity index (χ1n) is 7.38. The van der Waals surface area contributed by atoms with Crippen LogP contribution in [0.15, 0.2) is 18.2 Å². The Morgan fingerprint density at radius 2 is 1.90 bits per heavy atom. The summed E-state index contributed by atoms with van der Waals surface area (Å²) < 4.78 is 0. The number of hydrogen-bond donors (Lipinski definition) is 2. The van der Waals surface area contributed by atoms with Gasteiger partial charge in [-0.15, -0.1) is 0 Å². The van der Waals surface area contributed by atoms with Gasteiger partial charge in [-0.25, -0.2) is 0 Å². The van der Waals surface area contributed by atoms with Gasteiger partial charge in [-0.3, -0.25) is 9.59 Å². The number of aromatic hydroxyl groups is 1. The summed E-state index contributed by atoms with van der Waals surface area (Å²) in [6.45, 7) is 1.09. The first-order chi connectivity index (χ1) is 10.1. The third-order valence-electron chi connectivity index (χ3n) is 4.66. The minimum absolute atomic E-state index is 0.0473. The van der Waals surface area contributed by atoms with Crippen molar-refractivity contribution in [2.45, 2.75) is 32.2 Å². The fourth-order valence-corrected chi connectivity index (χ4v) is 3.52. The van der Waals surface area contributed by atoms with E-state index in [1.165, 1.54) is 0 Å². The highest BCUT2D eigenvalue weighted by atomic mass is 16.4. The predicted octanol–water partition coefficient (Wildman–Crippen LogP) is 1.78. The lowest BCUT2D eigenvalue weighted by molar-refractivity contribution is -0.149. The van der Waals surface area contributed by atoms with E-state index in [-0.39, 0.29) is 17.6 Å². The lowest BCUT2D eigenvalue weighted by atomic mass is 9.92. The zero-order valence-corrected chi connectivity index (χ0v) is 11.8. The van der Waals surface area contributed by atoms with Gasteiger partial charge >= 0.3 is 5.97 Å². The predicted molar refractivity (Wildman–Crippen MR) is 75.7 cm³/mol. The van der Waals surface area contributed by atoms with Crippen molar-refractivity contribution in [3.8, 4) is 5.75 Å². The van der Waals surface area contributed by atoms with Crippen LogP contribution in [0.2, 0.25) is 0 Å². The summed E-state index contributed by atoms with van der Waals surface area (Å²) in [6, 6.07) is 5.24. The monoisotopic (exact) mass is 289 g/mol. The molecule has 1 fully saturated rings. The Morgan fingerprint density at radius 1 is 1.14 bits per heavy atom. The molecular formula is C16H19NO4. The number of hydrogen-bond acceptors (Lipinski definition) is 3. The van der Waals surface area contributed by atoms with Crippen molar-refractivity contribution >= 4 is 11.9 Å². The van der Waals surface area contributed by atoms with Gasteiger partial charge in [0.05, 0.1) is 11.8 Å². The molecule has 1 saturated carbocycles. The summed E-state index contributed by atoms with van der Waals surface area (Å²) in [5.74, 6) is -1.63. The number of amides is 1. The van der Waals surface area contributed by atoms with Crippen molar-refractivity contribution in [2.24, 2.45) is 11.8 Å². The molecule has 1 amide bonds. The van der Waals surface area contributed by atoms with Crippen LogP contribution in [-0.2, 0) is 22.6 Å². The van der Waals surface area contributed by atoms with Gasteiger partial charge in [-0.2, -0.15) is 0 Å². The quantitative estimate of drug-likeness (QED) is 0.870. The van der Waals surface area contributed by atoms with Crippen molar-refractivity contribution in [1.29, 1.82) is 0 Å². The van der Waals surface area contributed by atoms with E-state index in [1.807, 2.05) is 6.07 Å². The summed E-state index contributed by atoms with van der Waals surface area (Å²) in [5.41, 5.74) is 2.11. The molecule has 1 aliphatic carbocycles. The summed E-state index contributed by atoms with van der Waals surface area (Å²) in [4.78, 5) is 25.6. The lowest BCUT2D eigenvalue weighted by Gasteiger charge is -2.32. The van der Waals surface area contributed by atoms with Crippen LogP contribution in [0.3, 0.4) is 0 Å². The van der Waals surface area contributed by atoms with Crippen molar-refractivity contribution in [2.75, 3.05) is 6.54 Å². The second-order valence-electron chi connectivity index (χ2n) is 5.94. The molecule has 5 nitrogen and oxygen atoms in total. The van der Waals surface area contributed by atoms with E-state index in [4.69, 9.17) is 0 Å². The number of carbonyl (C=O) groups is 2. The van der Waals surface area contributed by atoms with Gasteiger partial charge in [0.1, 0.15) is 5.75 Å². The summed E-state index contributed by atoms with van der Waals surface area (Å²) >= 11 is 0. The van der Waals surface area contributed by atoms with Crippen LogP contribution in [0.4, 0.5) is 0 Å². The van der Waals surface area contributed by atoms with Crippen molar-refractivity contribution in [3.05, 3.63) is 29.3 Å². The standard InChI is InChI=1S/C16H19NO4/c18-12-5-4-10-6-7-17(9-11(10)8-12)15(19)13-2-1-3-14(13)16(20)21/h4-5,8,13-14,18H,1-3,6-7,9H2,(H,20,21)/t13-,14+/m1/s1. The lowest BCUT2D eigenvalue weighted by Crippen LogP contribution is -2.41. The van der Waals surface area contributed by atoms with E-state index in [0.717, 1.165) is 24.0 Å². The Bertz CT molecular complexity index is 584. The number of phenolic OH excluding ortho intramolecular Hbond substituents is 1. The molecule has 0 radical (unpaired) electrons. The number of benzene rings is 1. The Kier molecular flexibility index (Phi) is 3.57. The molecule has 0 unspecified atom stereocenters. The van der Waals surface area contributed by atoms with E-state index < -0.39 is 11.9 Å². The zero-order valence-electron chi connectivity index (χ0n) is 11.8. The maximum Gasteiger partial charge on any atom is 0.307 e. The first-order valence-corrected chi connectivity index (χ1v) is 7.38. The normalized spacial score (nSPS) is 24.7. The van der Waals surface area contributed by atoms with E-state index in [0.29, 0.717) is 25.9 Å². The molecule has 0 bridgehead atoms. The molecule has 1 aromatic carbocycles. The van der Waals surface area contributed by atoms with Gasteiger partial charge < -0.3 is 15.1 Å². The molecule has 1 heterocycles. The van der Waals surface area contributed by atoms with Crippen molar-refractivity contribution in [1.82, 2.24) is 4.90 Å². The SMILES string of the molecule is O=C(O)[C@H]1CCC[C@H]1C(=O)N1CCc2ccc(O)cc2C1. The Morgan fingerprint density at radius 3 is 2.67 bits per heavy atom. The van der Waals surface area contributed by atoms with Crippen LogP contribution in [0.5, 0.6) is 5.75 Å². The Labute approximate surface area is 123 Å². The molecule has 2 aliphatic rings. The van der Waals surface area contributed by atoms with Gasteiger partial charge in [-0.1, -0.05) is 12.5 Å². The third kappa shape index (κ3) is 2.60. The maximum absolute atomic E-state index is 12.6. The largest absolute Gasteiger partial charge is 0.508 e. The van der Waals surface area contributed by atoms with Crippen molar-refractivity contribution in [3.63, 3.8) is 0 Å². The van der Waals surface area contributed by atoms with Crippen LogP contribution >= 0.6 is 0 Å². The molecule has 0 aromatic heterocycles. The minimum atomic E-state index is -0.860. The molecule has 2 atom stereocenters. The molecule has 3 rings (SSSR count). The summed E-state index contributed by atoms with van der Waals surface area (Å²) in [7, 11) is 0. The fourth-order valence-electron chi connectivity index (χ4n) is 3.52. The van der Waals surface area contributed by atoms with Crippen LogP contribution in [0.1, 0.15) is 30.4 Å². The average Bonchev–Trinajstić information content (AvgIpc) is 2.95. The van der Waals surface area contributed by atoms with E-state index in [9.17, 15) is 19.8 Å². The van der Waals surface area contributed by atoms with Gasteiger partial charge in [0, 0.05) is 13.1 Å². The first kappa shape index (κ1) is 13.9. The highest BCUT2D eigenvalue weighted by molar-refractivity contribution is 5.85. The van der Waals surface area contributed by atoms with Gasteiger partial charge in [0.2, 0.25) is 5.91 Å². The van der Waals surface area contributed by atoms with Crippen LogP contribution in [-0.4, -0.2) is 33.5 Å². The molecule has 21 heavy (non-hydrogen) atoms. The Hall–Kier alpha value is -2.04. The van der Waals surface area contributed by atoms with Crippen LogP contribution in [0.25, 0.3) is 0 Å². The van der Waals surface area contributed by atoms with Crippen molar-refractivity contribution < 1.29 is 19.8 Å². The van der Waals surface area contributed by atoms with Gasteiger partial charge in [-0.05, 0) is 42.5 Å². The number of carboxylic acids is 1. The number of carbonyl (C=O) groups excluding carboxylic acids is 1. The highest BCUT2D eigenvalue weighted by Crippen LogP contribution is 2.34.